The molecule has 0 saturated carbocycles. The number of nitrogens with zero attached hydrogens (tertiary/aromatic N) is 2. The third-order valence-corrected chi connectivity index (χ3v) is 2.82. The van der Waals surface area contributed by atoms with Crippen molar-refractivity contribution in [3.63, 3.8) is 0 Å². The summed E-state index contributed by atoms with van der Waals surface area (Å²) in [6.45, 7) is 4.39. The predicted octanol–water partition coefficient (Wildman–Crippen LogP) is 1.63. The van der Waals surface area contributed by atoms with E-state index in [0.717, 1.165) is 12.8 Å². The molecule has 62 valence electrons. The normalized spacial score (nSPS) is 40.0. The van der Waals surface area contributed by atoms with Crippen molar-refractivity contribution in [1.82, 2.24) is 4.90 Å². The lowest BCUT2D eigenvalue weighted by Gasteiger charge is -2.37. The predicted molar refractivity (Wildman–Crippen MR) is 45.0 cm³/mol. The van der Waals surface area contributed by atoms with Crippen LogP contribution in [0.1, 0.15) is 26.7 Å². The minimum Gasteiger partial charge on any atom is -0.301 e. The third-order valence-electron chi connectivity index (χ3n) is 2.82. The summed E-state index contributed by atoms with van der Waals surface area (Å²) in [5, 5.41) is 8.74. The molecule has 0 spiro atoms. The Bertz CT molecular complexity index is 159. The van der Waals surface area contributed by atoms with Crippen molar-refractivity contribution < 1.29 is 0 Å². The lowest BCUT2D eigenvalue weighted by Crippen LogP contribution is -2.43. The zero-order valence-corrected chi connectivity index (χ0v) is 7.54. The second-order valence-corrected chi connectivity index (χ2v) is 3.66. The van der Waals surface area contributed by atoms with Gasteiger partial charge in [-0.05, 0) is 33.7 Å². The second kappa shape index (κ2) is 3.23. The van der Waals surface area contributed by atoms with Gasteiger partial charge < -0.3 is 4.90 Å². The van der Waals surface area contributed by atoms with E-state index in [1.807, 2.05) is 0 Å². The first-order chi connectivity index (χ1) is 5.15. The van der Waals surface area contributed by atoms with Crippen LogP contribution in [0.2, 0.25) is 0 Å². The van der Waals surface area contributed by atoms with Gasteiger partial charge in [0.2, 0.25) is 0 Å². The van der Waals surface area contributed by atoms with E-state index in [1.54, 1.807) is 0 Å². The molecule has 0 radical (unpaired) electrons. The Hall–Kier alpha value is -0.550. The highest BCUT2D eigenvalue weighted by atomic mass is 15.2. The Morgan fingerprint density at radius 3 is 2.09 bits per heavy atom. The molecule has 1 aliphatic rings. The quantitative estimate of drug-likeness (QED) is 0.527. The first-order valence-corrected chi connectivity index (χ1v) is 4.26. The first-order valence-electron chi connectivity index (χ1n) is 4.26. The van der Waals surface area contributed by atoms with Gasteiger partial charge in [0.1, 0.15) is 0 Å². The topological polar surface area (TPSA) is 27.0 Å². The molecule has 0 aromatic carbocycles. The van der Waals surface area contributed by atoms with Gasteiger partial charge in [-0.3, -0.25) is 0 Å². The molecule has 0 amide bonds. The van der Waals surface area contributed by atoms with E-state index < -0.39 is 0 Å². The Labute approximate surface area is 68.8 Å². The van der Waals surface area contributed by atoms with Gasteiger partial charge in [-0.25, -0.2) is 0 Å². The van der Waals surface area contributed by atoms with Crippen LogP contribution in [-0.2, 0) is 0 Å². The Kier molecular flexibility index (Phi) is 2.51. The van der Waals surface area contributed by atoms with Gasteiger partial charge in [0, 0.05) is 18.0 Å². The Morgan fingerprint density at radius 1 is 1.27 bits per heavy atom. The fourth-order valence-electron chi connectivity index (χ4n) is 1.79. The van der Waals surface area contributed by atoms with E-state index >= 15 is 0 Å². The summed E-state index contributed by atoms with van der Waals surface area (Å²) < 4.78 is 0. The summed E-state index contributed by atoms with van der Waals surface area (Å²) >= 11 is 0. The van der Waals surface area contributed by atoms with Crippen LogP contribution in [0.3, 0.4) is 0 Å². The highest BCUT2D eigenvalue weighted by Crippen LogP contribution is 2.25. The molecule has 2 nitrogen and oxygen atoms in total. The van der Waals surface area contributed by atoms with Crippen LogP contribution in [0.25, 0.3) is 0 Å². The van der Waals surface area contributed by atoms with E-state index in [-0.39, 0.29) is 5.92 Å². The lowest BCUT2D eigenvalue weighted by atomic mass is 9.89. The number of piperidine rings is 1. The van der Waals surface area contributed by atoms with Gasteiger partial charge >= 0.3 is 0 Å². The Balaban J connectivity index is 2.56. The van der Waals surface area contributed by atoms with Crippen LogP contribution in [0.15, 0.2) is 0 Å². The molecule has 0 aliphatic carbocycles. The highest BCUT2D eigenvalue weighted by Gasteiger charge is 2.27. The maximum absolute atomic E-state index is 8.74. The average molecular weight is 152 g/mol. The lowest BCUT2D eigenvalue weighted by molar-refractivity contribution is 0.116. The molecule has 0 aromatic rings. The van der Waals surface area contributed by atoms with Crippen LogP contribution in [0.4, 0.5) is 0 Å². The Morgan fingerprint density at radius 2 is 1.73 bits per heavy atom. The molecular formula is C9H16N2. The summed E-state index contributed by atoms with van der Waals surface area (Å²) in [5.41, 5.74) is 0. The van der Waals surface area contributed by atoms with Crippen LogP contribution in [0, 0.1) is 17.2 Å². The van der Waals surface area contributed by atoms with Crippen molar-refractivity contribution in [2.24, 2.45) is 5.92 Å². The summed E-state index contributed by atoms with van der Waals surface area (Å²) in [6, 6.07) is 3.50. The highest BCUT2D eigenvalue weighted by molar-refractivity contribution is 4.92. The molecule has 1 rings (SSSR count). The van der Waals surface area contributed by atoms with Crippen molar-refractivity contribution in [2.75, 3.05) is 7.05 Å². The fraction of sp³-hybridized carbons (Fsp3) is 0.889. The summed E-state index contributed by atoms with van der Waals surface area (Å²) in [7, 11) is 2.14. The van der Waals surface area contributed by atoms with Crippen molar-refractivity contribution in [3.05, 3.63) is 0 Å². The SMILES string of the molecule is C[C@@H]1CC(C#N)C[C@H](C)N1C. The summed E-state index contributed by atoms with van der Waals surface area (Å²) in [6.07, 6.45) is 2.08. The first kappa shape index (κ1) is 8.55. The van der Waals surface area contributed by atoms with Crippen LogP contribution in [-0.4, -0.2) is 24.0 Å². The third kappa shape index (κ3) is 1.72. The van der Waals surface area contributed by atoms with E-state index in [2.05, 4.69) is 31.9 Å². The zero-order chi connectivity index (χ0) is 8.43. The number of hydrogen-bond donors (Lipinski definition) is 0. The van der Waals surface area contributed by atoms with Crippen molar-refractivity contribution >= 4 is 0 Å². The molecule has 3 atom stereocenters. The summed E-state index contributed by atoms with van der Waals surface area (Å²) in [4.78, 5) is 2.36. The van der Waals surface area contributed by atoms with Gasteiger partial charge in [0.15, 0.2) is 0 Å². The van der Waals surface area contributed by atoms with Crippen LogP contribution in [0.5, 0.6) is 0 Å². The molecule has 1 fully saturated rings. The standard InChI is InChI=1S/C9H16N2/c1-7-4-9(6-10)5-8(2)11(7)3/h7-9H,4-5H2,1-3H3/t7-,8+,9?. The maximum Gasteiger partial charge on any atom is 0.0657 e. The van der Waals surface area contributed by atoms with Gasteiger partial charge in [-0.1, -0.05) is 0 Å². The fourth-order valence-corrected chi connectivity index (χ4v) is 1.79. The molecule has 11 heavy (non-hydrogen) atoms. The van der Waals surface area contributed by atoms with Gasteiger partial charge in [0.05, 0.1) is 6.07 Å². The van der Waals surface area contributed by atoms with E-state index in [0.29, 0.717) is 12.1 Å². The van der Waals surface area contributed by atoms with E-state index in [1.165, 1.54) is 0 Å². The number of nitriles is 1. The van der Waals surface area contributed by atoms with Crippen molar-refractivity contribution in [2.45, 2.75) is 38.8 Å². The molecule has 0 aromatic heterocycles. The molecule has 1 aliphatic heterocycles. The van der Waals surface area contributed by atoms with Gasteiger partial charge in [0.25, 0.3) is 0 Å². The number of rotatable bonds is 0. The minimum atomic E-state index is 0.288. The molecule has 1 heterocycles. The van der Waals surface area contributed by atoms with Crippen molar-refractivity contribution in [1.29, 1.82) is 5.26 Å². The number of hydrogen-bond acceptors (Lipinski definition) is 2. The maximum atomic E-state index is 8.74. The molecule has 1 saturated heterocycles. The van der Waals surface area contributed by atoms with Crippen LogP contribution >= 0.6 is 0 Å². The van der Waals surface area contributed by atoms with Gasteiger partial charge in [-0.2, -0.15) is 5.26 Å². The average Bonchev–Trinajstić information content (AvgIpc) is 1.99. The van der Waals surface area contributed by atoms with Crippen molar-refractivity contribution in [3.8, 4) is 6.07 Å². The van der Waals surface area contributed by atoms with Gasteiger partial charge in [-0.15, -0.1) is 0 Å². The molecule has 0 bridgehead atoms. The molecule has 1 unspecified atom stereocenters. The summed E-state index contributed by atoms with van der Waals surface area (Å²) in [5.74, 6) is 0.288. The monoisotopic (exact) mass is 152 g/mol. The van der Waals surface area contributed by atoms with E-state index in [9.17, 15) is 0 Å². The molecular weight excluding hydrogens is 136 g/mol. The smallest absolute Gasteiger partial charge is 0.0657 e. The van der Waals surface area contributed by atoms with Crippen LogP contribution < -0.4 is 0 Å². The second-order valence-electron chi connectivity index (χ2n) is 3.66. The minimum absolute atomic E-state index is 0.288. The largest absolute Gasteiger partial charge is 0.301 e. The molecule has 2 heteroatoms. The number of likely N-dealkylation sites (tertiary alicyclic amines) is 1. The molecule has 0 N–H and O–H groups in total. The zero-order valence-electron chi connectivity index (χ0n) is 7.54. The van der Waals surface area contributed by atoms with E-state index in [4.69, 9.17) is 5.26 Å².